The number of hydrogen-bond donors (Lipinski definition) is 1. The van der Waals surface area contributed by atoms with Gasteiger partial charge in [0.2, 0.25) is 11.7 Å². The maximum atomic E-state index is 13.5. The molecule has 9 heteroatoms. The van der Waals surface area contributed by atoms with Crippen LogP contribution in [0.2, 0.25) is 0 Å². The monoisotopic (exact) mass is 471 g/mol. The number of amides is 2. The zero-order chi connectivity index (χ0) is 24.2. The van der Waals surface area contributed by atoms with E-state index in [9.17, 15) is 9.59 Å². The quantitative estimate of drug-likeness (QED) is 0.459. The molecule has 9 nitrogen and oxygen atoms in total. The number of carbonyl (C=O) groups excluding carboxylic acids is 2. The Bertz CT molecular complexity index is 1320. The van der Waals surface area contributed by atoms with Crippen LogP contribution in [0.4, 0.5) is 11.6 Å². The Hall–Kier alpha value is -4.40. The van der Waals surface area contributed by atoms with E-state index in [1.165, 1.54) is 0 Å². The van der Waals surface area contributed by atoms with E-state index < -0.39 is 6.10 Å². The molecule has 35 heavy (non-hydrogen) atoms. The van der Waals surface area contributed by atoms with Crippen LogP contribution in [0.1, 0.15) is 17.5 Å². The first-order valence-electron chi connectivity index (χ1n) is 11.5. The summed E-state index contributed by atoms with van der Waals surface area (Å²) in [5.41, 5.74) is 0.882. The molecule has 0 unspecified atom stereocenters. The average Bonchev–Trinajstić information content (AvgIpc) is 3.27. The van der Waals surface area contributed by atoms with E-state index in [-0.39, 0.29) is 17.6 Å². The fourth-order valence-electron chi connectivity index (χ4n) is 4.01. The van der Waals surface area contributed by atoms with Gasteiger partial charge in [0.25, 0.3) is 11.8 Å². The summed E-state index contributed by atoms with van der Waals surface area (Å²) in [5.74, 6) is 0.686. The average molecular weight is 472 g/mol. The van der Waals surface area contributed by atoms with Gasteiger partial charge in [-0.15, -0.1) is 0 Å². The Kier molecular flexibility index (Phi) is 6.30. The number of fused-ring (bicyclic) bond motifs is 1. The normalized spacial score (nSPS) is 14.5. The van der Waals surface area contributed by atoms with Gasteiger partial charge >= 0.3 is 0 Å². The number of hydrogen-bond acceptors (Lipinski definition) is 7. The number of piperazine rings is 1. The van der Waals surface area contributed by atoms with Crippen molar-refractivity contribution in [3.63, 3.8) is 0 Å². The molecule has 178 valence electrons. The molecule has 2 amide bonds. The molecule has 0 spiro atoms. The molecule has 1 atom stereocenters. The van der Waals surface area contributed by atoms with E-state index in [2.05, 4.69) is 15.3 Å². The van der Waals surface area contributed by atoms with E-state index in [0.29, 0.717) is 54.5 Å². The second kappa shape index (κ2) is 9.84. The third kappa shape index (κ3) is 4.79. The summed E-state index contributed by atoms with van der Waals surface area (Å²) in [6, 6.07) is 18.1. The molecule has 5 rings (SSSR count). The summed E-state index contributed by atoms with van der Waals surface area (Å²) in [5, 5.41) is 3.53. The first-order chi connectivity index (χ1) is 17.1. The number of nitrogens with one attached hydrogen (secondary N) is 1. The predicted octanol–water partition coefficient (Wildman–Crippen LogP) is 3.59. The van der Waals surface area contributed by atoms with Gasteiger partial charge in [0.15, 0.2) is 6.10 Å². The highest BCUT2D eigenvalue weighted by atomic mass is 16.5. The van der Waals surface area contributed by atoms with Crippen molar-refractivity contribution in [3.8, 4) is 5.75 Å². The molecule has 3 heterocycles. The lowest BCUT2D eigenvalue weighted by atomic mass is 10.2. The molecule has 1 aliphatic rings. The number of anilines is 2. The van der Waals surface area contributed by atoms with Gasteiger partial charge < -0.3 is 24.3 Å². The number of benzene rings is 2. The van der Waals surface area contributed by atoms with Crippen LogP contribution in [0, 0.1) is 0 Å². The summed E-state index contributed by atoms with van der Waals surface area (Å²) in [6.45, 7) is 3.82. The number of ether oxygens (including phenoxy) is 1. The van der Waals surface area contributed by atoms with Gasteiger partial charge in [-0.2, -0.15) is 0 Å². The first kappa shape index (κ1) is 22.4. The minimum atomic E-state index is -0.775. The van der Waals surface area contributed by atoms with Crippen molar-refractivity contribution in [1.82, 2.24) is 14.9 Å². The Morgan fingerprint density at radius 3 is 2.37 bits per heavy atom. The summed E-state index contributed by atoms with van der Waals surface area (Å²) in [4.78, 5) is 38.8. The van der Waals surface area contributed by atoms with Crippen molar-refractivity contribution in [2.45, 2.75) is 13.0 Å². The topological polar surface area (TPSA) is 101 Å². The predicted molar refractivity (Wildman–Crippen MR) is 132 cm³/mol. The van der Waals surface area contributed by atoms with Gasteiger partial charge in [0.05, 0.1) is 0 Å². The molecular weight excluding hydrogens is 446 g/mol. The molecule has 1 fully saturated rings. The fourth-order valence-corrected chi connectivity index (χ4v) is 4.01. The smallest absolute Gasteiger partial charge is 0.291 e. The van der Waals surface area contributed by atoms with E-state index in [1.807, 2.05) is 41.3 Å². The van der Waals surface area contributed by atoms with Crippen molar-refractivity contribution >= 4 is 34.4 Å². The van der Waals surface area contributed by atoms with Crippen LogP contribution in [0.3, 0.4) is 0 Å². The minimum absolute atomic E-state index is 0.107. The molecule has 0 aliphatic carbocycles. The number of para-hydroxylation sites is 2. The van der Waals surface area contributed by atoms with Gasteiger partial charge in [-0.1, -0.05) is 30.3 Å². The summed E-state index contributed by atoms with van der Waals surface area (Å²) < 4.78 is 11.7. The van der Waals surface area contributed by atoms with Crippen molar-refractivity contribution < 1.29 is 18.7 Å². The van der Waals surface area contributed by atoms with Crippen molar-refractivity contribution in [3.05, 3.63) is 78.8 Å². The van der Waals surface area contributed by atoms with Crippen molar-refractivity contribution in [2.75, 3.05) is 36.4 Å². The molecule has 1 aliphatic heterocycles. The van der Waals surface area contributed by atoms with Crippen LogP contribution in [0.15, 0.2) is 77.5 Å². The number of carbonyl (C=O) groups is 2. The van der Waals surface area contributed by atoms with Crippen molar-refractivity contribution in [1.29, 1.82) is 0 Å². The molecule has 0 bridgehead atoms. The zero-order valence-corrected chi connectivity index (χ0v) is 19.3. The third-order valence-corrected chi connectivity index (χ3v) is 5.87. The lowest BCUT2D eigenvalue weighted by Crippen LogP contribution is -2.49. The van der Waals surface area contributed by atoms with Gasteiger partial charge in [-0.25, -0.2) is 9.97 Å². The molecule has 1 saturated heterocycles. The van der Waals surface area contributed by atoms with E-state index in [1.54, 1.807) is 48.5 Å². The number of aromatic nitrogens is 2. The molecule has 4 aromatic rings. The maximum Gasteiger partial charge on any atom is 0.291 e. The Morgan fingerprint density at radius 2 is 1.63 bits per heavy atom. The summed E-state index contributed by atoms with van der Waals surface area (Å²) >= 11 is 0. The maximum absolute atomic E-state index is 13.5. The van der Waals surface area contributed by atoms with Crippen LogP contribution in [-0.4, -0.2) is 59.0 Å². The van der Waals surface area contributed by atoms with Crippen LogP contribution >= 0.6 is 0 Å². The standard InChI is InChI=1S/C26H25N5O4/c1-18(34-19-8-3-2-4-9-19)24(32)29-22-20-10-5-6-11-21(20)35-23(22)25(33)30-14-16-31(17-15-30)26-27-12-7-13-28-26/h2-13,18H,14-17H2,1H3,(H,29,32)/t18-/m0/s1. The Labute approximate surface area is 202 Å². The SMILES string of the molecule is C[C@H](Oc1ccccc1)C(=O)Nc1c(C(=O)N2CCN(c3ncccn3)CC2)oc2ccccc12. The highest BCUT2D eigenvalue weighted by molar-refractivity contribution is 6.11. The van der Waals surface area contributed by atoms with Crippen molar-refractivity contribution in [2.24, 2.45) is 0 Å². The zero-order valence-electron chi connectivity index (χ0n) is 19.3. The molecule has 0 saturated carbocycles. The van der Waals surface area contributed by atoms with E-state index in [4.69, 9.17) is 9.15 Å². The number of rotatable bonds is 6. The second-order valence-corrected chi connectivity index (χ2v) is 8.19. The van der Waals surface area contributed by atoms with Gasteiger partial charge in [-0.3, -0.25) is 9.59 Å². The Balaban J connectivity index is 1.34. The Morgan fingerprint density at radius 1 is 0.943 bits per heavy atom. The van der Waals surface area contributed by atoms with Crippen LogP contribution in [0.5, 0.6) is 5.75 Å². The molecule has 2 aromatic heterocycles. The van der Waals surface area contributed by atoms with E-state index >= 15 is 0 Å². The fraction of sp³-hybridized carbons (Fsp3) is 0.231. The second-order valence-electron chi connectivity index (χ2n) is 8.19. The molecule has 1 N–H and O–H groups in total. The lowest BCUT2D eigenvalue weighted by molar-refractivity contribution is -0.122. The highest BCUT2D eigenvalue weighted by Gasteiger charge is 2.30. The lowest BCUT2D eigenvalue weighted by Gasteiger charge is -2.34. The molecular formula is C26H25N5O4. The van der Waals surface area contributed by atoms with Crippen LogP contribution < -0.4 is 15.0 Å². The van der Waals surface area contributed by atoms with Gasteiger partial charge in [0, 0.05) is 44.0 Å². The molecule has 0 radical (unpaired) electrons. The van der Waals surface area contributed by atoms with Crippen LogP contribution in [-0.2, 0) is 4.79 Å². The summed E-state index contributed by atoms with van der Waals surface area (Å²) in [6.07, 6.45) is 2.63. The molecule has 2 aromatic carbocycles. The number of nitrogens with zero attached hydrogens (tertiary/aromatic N) is 4. The minimum Gasteiger partial charge on any atom is -0.481 e. The van der Waals surface area contributed by atoms with Gasteiger partial charge in [0.1, 0.15) is 17.0 Å². The van der Waals surface area contributed by atoms with Gasteiger partial charge in [-0.05, 0) is 37.3 Å². The summed E-state index contributed by atoms with van der Waals surface area (Å²) in [7, 11) is 0. The first-order valence-corrected chi connectivity index (χ1v) is 11.5. The van der Waals surface area contributed by atoms with E-state index in [0.717, 1.165) is 0 Å². The number of furan rings is 1. The largest absolute Gasteiger partial charge is 0.481 e. The third-order valence-electron chi connectivity index (χ3n) is 5.87. The highest BCUT2D eigenvalue weighted by Crippen LogP contribution is 2.32. The van der Waals surface area contributed by atoms with Crippen LogP contribution in [0.25, 0.3) is 11.0 Å².